The highest BCUT2D eigenvalue weighted by atomic mass is 16.4. The molecule has 0 aliphatic carbocycles. The highest BCUT2D eigenvalue weighted by Crippen LogP contribution is 2.22. The normalized spacial score (nSPS) is 19.4. The van der Waals surface area contributed by atoms with Crippen molar-refractivity contribution in [2.75, 3.05) is 13.1 Å². The number of nitrogens with zero attached hydrogens (tertiary/aromatic N) is 1. The van der Waals surface area contributed by atoms with E-state index in [9.17, 15) is 48.3 Å². The van der Waals surface area contributed by atoms with Crippen molar-refractivity contribution < 1.29 is 48.3 Å². The van der Waals surface area contributed by atoms with Gasteiger partial charge in [0.05, 0.1) is 6.04 Å². The molecule has 0 aromatic carbocycles. The van der Waals surface area contributed by atoms with Crippen LogP contribution in [0.1, 0.15) is 127 Å². The molecule has 19 heteroatoms. The molecule has 0 bridgehead atoms. The summed E-state index contributed by atoms with van der Waals surface area (Å²) in [6.45, 7) is 18.9. The minimum absolute atomic E-state index is 0.00371. The molecule has 10 N–H and O–H groups in total. The first-order valence-electron chi connectivity index (χ1n) is 22.3. The third-order valence-corrected chi connectivity index (χ3v) is 11.0. The molecule has 2 heterocycles. The van der Waals surface area contributed by atoms with Gasteiger partial charge in [-0.1, -0.05) is 69.2 Å². The Morgan fingerprint density at radius 1 is 0.597 bits per heavy atom. The SMILES string of the molecule is CC(C)C[C@H](NC(=O)[C@@H]1CCCN1C(=O)[C@H](CC(C)C)NC(=O)[C@@H](NC(=O)[C@@H](NC(=O)[C@H](CCC(N)=O)NC(=O)[C@H](CC(C)C)NC(=O)[C@@H]1CCCN1)C(C)C)C(C)C)C(=O)O. The number of nitrogens with one attached hydrogen (secondary N) is 7. The van der Waals surface area contributed by atoms with E-state index in [1.165, 1.54) is 4.90 Å². The van der Waals surface area contributed by atoms with Gasteiger partial charge < -0.3 is 53.0 Å². The Labute approximate surface area is 366 Å². The summed E-state index contributed by atoms with van der Waals surface area (Å²) in [5.41, 5.74) is 5.41. The van der Waals surface area contributed by atoms with Crippen molar-refractivity contribution in [1.29, 1.82) is 0 Å². The Morgan fingerprint density at radius 3 is 1.58 bits per heavy atom. The van der Waals surface area contributed by atoms with E-state index in [4.69, 9.17) is 5.73 Å². The van der Waals surface area contributed by atoms with E-state index in [-0.39, 0.29) is 62.3 Å². The number of carboxylic acids is 1. The molecule has 0 radical (unpaired) electrons. The van der Waals surface area contributed by atoms with Gasteiger partial charge in [-0.05, 0) is 87.5 Å². The van der Waals surface area contributed by atoms with Crippen molar-refractivity contribution in [3.05, 3.63) is 0 Å². The molecule has 0 aromatic rings. The van der Waals surface area contributed by atoms with Crippen molar-refractivity contribution in [2.45, 2.75) is 175 Å². The monoisotopic (exact) mass is 878 g/mol. The summed E-state index contributed by atoms with van der Waals surface area (Å²) in [6, 6.07) is -8.25. The van der Waals surface area contributed by atoms with Gasteiger partial charge in [0.1, 0.15) is 42.3 Å². The summed E-state index contributed by atoms with van der Waals surface area (Å²) in [6.07, 6.45) is 2.50. The van der Waals surface area contributed by atoms with Gasteiger partial charge in [0.25, 0.3) is 0 Å². The van der Waals surface area contributed by atoms with Crippen LogP contribution in [0.25, 0.3) is 0 Å². The fourth-order valence-corrected chi connectivity index (χ4v) is 7.70. The van der Waals surface area contributed by atoms with Gasteiger partial charge in [0, 0.05) is 13.0 Å². The summed E-state index contributed by atoms with van der Waals surface area (Å²) >= 11 is 0. The Kier molecular flexibility index (Phi) is 21.8. The van der Waals surface area contributed by atoms with Crippen molar-refractivity contribution >= 4 is 53.2 Å². The molecule has 0 spiro atoms. The van der Waals surface area contributed by atoms with E-state index in [1.807, 2.05) is 41.5 Å². The smallest absolute Gasteiger partial charge is 0.326 e. The van der Waals surface area contributed by atoms with Crippen LogP contribution in [-0.4, -0.2) is 125 Å². The number of primary amides is 1. The number of hydrogen-bond acceptors (Lipinski definition) is 10. The molecule has 62 heavy (non-hydrogen) atoms. The van der Waals surface area contributed by atoms with Crippen LogP contribution in [0.15, 0.2) is 0 Å². The number of rotatable bonds is 25. The molecule has 2 aliphatic heterocycles. The highest BCUT2D eigenvalue weighted by molar-refractivity contribution is 5.98. The Hall–Kier alpha value is -4.81. The zero-order chi connectivity index (χ0) is 47.0. The maximum absolute atomic E-state index is 14.1. The molecule has 19 nitrogen and oxygen atoms in total. The third kappa shape index (κ3) is 17.2. The molecule has 8 atom stereocenters. The molecule has 0 aromatic heterocycles. The summed E-state index contributed by atoms with van der Waals surface area (Å²) < 4.78 is 0. The maximum Gasteiger partial charge on any atom is 0.326 e. The lowest BCUT2D eigenvalue weighted by atomic mass is 9.97. The quantitative estimate of drug-likeness (QED) is 0.0607. The molecule has 2 rings (SSSR count). The van der Waals surface area contributed by atoms with Crippen LogP contribution in [0.5, 0.6) is 0 Å². The molecule has 2 saturated heterocycles. The summed E-state index contributed by atoms with van der Waals surface area (Å²) in [7, 11) is 0. The first-order valence-corrected chi connectivity index (χ1v) is 22.3. The van der Waals surface area contributed by atoms with Gasteiger partial charge in [-0.3, -0.25) is 38.4 Å². The minimum Gasteiger partial charge on any atom is -0.480 e. The number of hydrogen-bond donors (Lipinski definition) is 9. The zero-order valence-corrected chi connectivity index (χ0v) is 38.4. The second-order valence-corrected chi connectivity index (χ2v) is 18.8. The van der Waals surface area contributed by atoms with E-state index >= 15 is 0 Å². The van der Waals surface area contributed by atoms with Crippen LogP contribution in [0.3, 0.4) is 0 Å². The second kappa shape index (κ2) is 25.3. The van der Waals surface area contributed by atoms with Gasteiger partial charge >= 0.3 is 5.97 Å². The van der Waals surface area contributed by atoms with E-state index in [2.05, 4.69) is 37.2 Å². The fraction of sp³-hybridized carbons (Fsp3) is 0.791. The lowest BCUT2D eigenvalue weighted by Gasteiger charge is -2.32. The topological polar surface area (TPSA) is 287 Å². The molecule has 2 fully saturated rings. The number of carboxylic acid groups (broad SMARTS) is 1. The summed E-state index contributed by atoms with van der Waals surface area (Å²) in [5, 5.41) is 29.0. The highest BCUT2D eigenvalue weighted by Gasteiger charge is 2.41. The molecular formula is C43H75N9O10. The molecular weight excluding hydrogens is 803 g/mol. The van der Waals surface area contributed by atoms with Crippen LogP contribution >= 0.6 is 0 Å². The molecule has 0 unspecified atom stereocenters. The van der Waals surface area contributed by atoms with Crippen molar-refractivity contribution in [3.63, 3.8) is 0 Å². The largest absolute Gasteiger partial charge is 0.480 e. The van der Waals surface area contributed by atoms with Crippen LogP contribution < -0.4 is 43.0 Å². The Morgan fingerprint density at radius 2 is 1.08 bits per heavy atom. The predicted molar refractivity (Wildman–Crippen MR) is 231 cm³/mol. The van der Waals surface area contributed by atoms with Crippen LogP contribution in [-0.2, 0) is 43.2 Å². The molecule has 0 saturated carbocycles. The van der Waals surface area contributed by atoms with Crippen LogP contribution in [0.4, 0.5) is 0 Å². The van der Waals surface area contributed by atoms with Crippen molar-refractivity contribution in [2.24, 2.45) is 35.3 Å². The molecule has 8 amide bonds. The lowest BCUT2D eigenvalue weighted by molar-refractivity contribution is -0.145. The average Bonchev–Trinajstić information content (AvgIpc) is 3.89. The third-order valence-electron chi connectivity index (χ3n) is 11.0. The maximum atomic E-state index is 14.1. The average molecular weight is 878 g/mol. The fourth-order valence-electron chi connectivity index (χ4n) is 7.70. The van der Waals surface area contributed by atoms with Gasteiger partial charge in [0.15, 0.2) is 0 Å². The van der Waals surface area contributed by atoms with Gasteiger partial charge in [-0.2, -0.15) is 0 Å². The van der Waals surface area contributed by atoms with E-state index in [0.29, 0.717) is 25.8 Å². The van der Waals surface area contributed by atoms with Crippen molar-refractivity contribution in [1.82, 2.24) is 42.1 Å². The number of amides is 8. The number of nitrogens with two attached hydrogens (primary N) is 1. The summed E-state index contributed by atoms with van der Waals surface area (Å²) in [5.74, 6) is -7.21. The Bertz CT molecular complexity index is 1580. The number of likely N-dealkylation sites (tertiary alicyclic amines) is 1. The number of aliphatic carboxylic acids is 1. The summed E-state index contributed by atoms with van der Waals surface area (Å²) in [4.78, 5) is 121. The van der Waals surface area contributed by atoms with Gasteiger partial charge in [-0.15, -0.1) is 0 Å². The number of carbonyl (C=O) groups is 9. The zero-order valence-electron chi connectivity index (χ0n) is 38.4. The minimum atomic E-state index is -1.31. The van der Waals surface area contributed by atoms with E-state index in [1.54, 1.807) is 27.7 Å². The Balaban J connectivity index is 2.27. The lowest BCUT2D eigenvalue weighted by Crippen LogP contribution is -2.61. The molecule has 352 valence electrons. The first kappa shape index (κ1) is 53.3. The predicted octanol–water partition coefficient (Wildman–Crippen LogP) is 0.439. The number of carbonyl (C=O) groups excluding carboxylic acids is 8. The first-order chi connectivity index (χ1) is 28.9. The second-order valence-electron chi connectivity index (χ2n) is 18.8. The van der Waals surface area contributed by atoms with Crippen molar-refractivity contribution in [3.8, 4) is 0 Å². The van der Waals surface area contributed by atoms with E-state index < -0.39 is 107 Å². The van der Waals surface area contributed by atoms with Crippen LogP contribution in [0, 0.1) is 29.6 Å². The molecule has 2 aliphatic rings. The standard InChI is InChI=1S/C43H75N9O10/c1-22(2)19-29(47-36(54)27-13-11-17-45-27)38(56)46-28(15-16-33(44)53)37(55)50-35(26(9)10)41(59)51-34(25(7)8)40(58)48-30(20-23(3)4)42(60)52-18-12-14-32(52)39(57)49-31(43(61)62)21-24(5)6/h22-32,34-35,45H,11-21H2,1-10H3,(H2,44,53)(H,46,56)(H,47,54)(H,48,58)(H,49,57)(H,50,55)(H,51,59)(H,61,62)/t27-,28-,29-,30-,31-,32-,34-,35-/m0/s1. The van der Waals surface area contributed by atoms with Crippen LogP contribution in [0.2, 0.25) is 0 Å². The van der Waals surface area contributed by atoms with E-state index in [0.717, 1.165) is 6.42 Å². The van der Waals surface area contributed by atoms with Gasteiger partial charge in [0.2, 0.25) is 47.3 Å². The van der Waals surface area contributed by atoms with Gasteiger partial charge in [-0.25, -0.2) is 4.79 Å².